The van der Waals surface area contributed by atoms with E-state index in [-0.39, 0.29) is 17.9 Å². The zero-order valence-corrected chi connectivity index (χ0v) is 20.0. The summed E-state index contributed by atoms with van der Waals surface area (Å²) in [5.41, 5.74) is 3.76. The van der Waals surface area contributed by atoms with Crippen LogP contribution in [-0.4, -0.2) is 33.9 Å². The normalized spacial score (nSPS) is 18.2. The first-order valence-electron chi connectivity index (χ1n) is 11.7. The molecule has 1 saturated carbocycles. The highest BCUT2D eigenvalue weighted by Crippen LogP contribution is 2.47. The van der Waals surface area contributed by atoms with Gasteiger partial charge < -0.3 is 14.8 Å². The summed E-state index contributed by atoms with van der Waals surface area (Å²) < 4.78 is 15.1. The van der Waals surface area contributed by atoms with Crippen molar-refractivity contribution in [2.45, 2.75) is 51.0 Å². The number of fused-ring (bicyclic) bond motifs is 2. The first-order valence-corrected chi connectivity index (χ1v) is 12.5. The fraction of sp³-hybridized carbons (Fsp3) is 0.346. The van der Waals surface area contributed by atoms with Gasteiger partial charge in [-0.1, -0.05) is 35.6 Å². The van der Waals surface area contributed by atoms with Crippen molar-refractivity contribution in [1.29, 1.82) is 0 Å². The van der Waals surface area contributed by atoms with Crippen LogP contribution >= 0.6 is 11.3 Å². The molecule has 0 unspecified atom stereocenters. The van der Waals surface area contributed by atoms with Crippen molar-refractivity contribution in [2.24, 2.45) is 0 Å². The van der Waals surface area contributed by atoms with Crippen LogP contribution in [0.1, 0.15) is 54.8 Å². The third-order valence-electron chi connectivity index (χ3n) is 6.76. The summed E-state index contributed by atoms with van der Waals surface area (Å²) in [5.74, 6) is 1.91. The maximum Gasteiger partial charge on any atom is 0.226 e. The zero-order valence-electron chi connectivity index (χ0n) is 19.2. The van der Waals surface area contributed by atoms with Crippen LogP contribution in [0.25, 0.3) is 15.3 Å². The van der Waals surface area contributed by atoms with Crippen LogP contribution in [0, 0.1) is 6.92 Å². The van der Waals surface area contributed by atoms with E-state index in [9.17, 15) is 4.79 Å². The molecule has 1 atom stereocenters. The Morgan fingerprint density at radius 2 is 1.94 bits per heavy atom. The molecule has 4 aromatic rings. The van der Waals surface area contributed by atoms with E-state index in [0.717, 1.165) is 50.8 Å². The number of hydrogen-bond donors (Lipinski definition) is 1. The van der Waals surface area contributed by atoms with E-state index in [0.29, 0.717) is 18.0 Å². The maximum absolute atomic E-state index is 12.9. The minimum Gasteiger partial charge on any atom is -0.493 e. The summed E-state index contributed by atoms with van der Waals surface area (Å²) in [6.07, 6.45) is 4.95. The van der Waals surface area contributed by atoms with Crippen molar-refractivity contribution in [3.8, 4) is 16.6 Å². The number of para-hydroxylation sites is 2. The minimum atomic E-state index is -0.182. The molecule has 3 heterocycles. The number of rotatable bonds is 5. The second-order valence-corrected chi connectivity index (χ2v) is 9.94. The fourth-order valence-corrected chi connectivity index (χ4v) is 6.09. The fourth-order valence-electron chi connectivity index (χ4n) is 5.17. The summed E-state index contributed by atoms with van der Waals surface area (Å²) in [6.45, 7) is 1.99. The summed E-state index contributed by atoms with van der Waals surface area (Å²) >= 11 is 1.56. The number of carbonyl (C=O) groups excluding carboxylic acids is 1. The zero-order chi connectivity index (χ0) is 23.2. The highest BCUT2D eigenvalue weighted by Gasteiger charge is 2.36. The van der Waals surface area contributed by atoms with Gasteiger partial charge in [0.05, 0.1) is 29.1 Å². The number of aryl methyl sites for hydroxylation is 1. The SMILES string of the molecule is COc1cccc([C@H]2CC(=O)Nc3c2c(C)nn3-c2nc3ccccc3s2)c1OC1CCCC1. The number of nitrogens with one attached hydrogen (secondary N) is 1. The largest absolute Gasteiger partial charge is 0.493 e. The average molecular weight is 475 g/mol. The third-order valence-corrected chi connectivity index (χ3v) is 7.77. The van der Waals surface area contributed by atoms with Gasteiger partial charge >= 0.3 is 0 Å². The Morgan fingerprint density at radius 1 is 1.12 bits per heavy atom. The van der Waals surface area contributed by atoms with Crippen molar-refractivity contribution in [3.05, 3.63) is 59.3 Å². The molecule has 8 heteroatoms. The predicted octanol–water partition coefficient (Wildman–Crippen LogP) is 5.59. The van der Waals surface area contributed by atoms with Gasteiger partial charge in [0, 0.05) is 23.5 Å². The van der Waals surface area contributed by atoms with Crippen LogP contribution in [0.3, 0.4) is 0 Å². The Hall–Kier alpha value is -3.39. The monoisotopic (exact) mass is 474 g/mol. The Bertz CT molecular complexity index is 1350. The van der Waals surface area contributed by atoms with Gasteiger partial charge in [0.1, 0.15) is 5.82 Å². The van der Waals surface area contributed by atoms with E-state index in [2.05, 4.69) is 5.32 Å². The number of amides is 1. The van der Waals surface area contributed by atoms with Gasteiger partial charge in [-0.05, 0) is 50.8 Å². The van der Waals surface area contributed by atoms with Crippen molar-refractivity contribution in [2.75, 3.05) is 12.4 Å². The Labute approximate surface area is 201 Å². The minimum absolute atomic E-state index is 0.0469. The molecule has 1 aliphatic heterocycles. The lowest BCUT2D eigenvalue weighted by molar-refractivity contribution is -0.116. The standard InChI is InChI=1S/C26H26N4O3S/c1-15-23-18(17-10-7-12-20(32-2)24(17)33-16-8-3-4-9-16)14-22(31)28-25(23)30(29-15)26-27-19-11-5-6-13-21(19)34-26/h5-7,10-13,16,18H,3-4,8-9,14H2,1-2H3,(H,28,31)/t18-/m1/s1. The topological polar surface area (TPSA) is 78.3 Å². The molecule has 1 amide bonds. The first-order chi connectivity index (χ1) is 16.6. The van der Waals surface area contributed by atoms with Crippen molar-refractivity contribution in [3.63, 3.8) is 0 Å². The Balaban J connectivity index is 1.48. The number of thiazole rings is 1. The van der Waals surface area contributed by atoms with Gasteiger partial charge in [-0.3, -0.25) is 4.79 Å². The van der Waals surface area contributed by atoms with Crippen LogP contribution < -0.4 is 14.8 Å². The number of aromatic nitrogens is 3. The number of nitrogens with zero attached hydrogens (tertiary/aromatic N) is 3. The molecule has 0 saturated heterocycles. The van der Waals surface area contributed by atoms with Gasteiger partial charge in [0.25, 0.3) is 0 Å². The molecular formula is C26H26N4O3S. The molecule has 1 N–H and O–H groups in total. The van der Waals surface area contributed by atoms with E-state index < -0.39 is 0 Å². The van der Waals surface area contributed by atoms with E-state index in [1.54, 1.807) is 23.1 Å². The lowest BCUT2D eigenvalue weighted by Crippen LogP contribution is -2.25. The van der Waals surface area contributed by atoms with Crippen molar-refractivity contribution >= 4 is 33.3 Å². The van der Waals surface area contributed by atoms with Crippen molar-refractivity contribution < 1.29 is 14.3 Å². The summed E-state index contributed by atoms with van der Waals surface area (Å²) in [5, 5.41) is 8.63. The van der Waals surface area contributed by atoms with Gasteiger partial charge in [-0.25, -0.2) is 4.98 Å². The molecule has 0 spiro atoms. The molecule has 7 nitrogen and oxygen atoms in total. The number of hydrogen-bond acceptors (Lipinski definition) is 6. The number of benzene rings is 2. The number of ether oxygens (including phenoxy) is 2. The Kier molecular flexibility index (Phi) is 5.25. The van der Waals surface area contributed by atoms with Crippen LogP contribution in [0.4, 0.5) is 5.82 Å². The number of methoxy groups -OCH3 is 1. The quantitative estimate of drug-likeness (QED) is 0.408. The second kappa shape index (κ2) is 8.43. The van der Waals surface area contributed by atoms with E-state index in [4.69, 9.17) is 19.6 Å². The van der Waals surface area contributed by atoms with E-state index in [1.165, 1.54) is 12.8 Å². The molecule has 0 radical (unpaired) electrons. The molecule has 1 aliphatic carbocycles. The van der Waals surface area contributed by atoms with Crippen LogP contribution in [-0.2, 0) is 4.79 Å². The molecule has 34 heavy (non-hydrogen) atoms. The van der Waals surface area contributed by atoms with Gasteiger partial charge in [0.15, 0.2) is 11.5 Å². The highest BCUT2D eigenvalue weighted by molar-refractivity contribution is 7.20. The first kappa shape index (κ1) is 21.2. The highest BCUT2D eigenvalue weighted by atomic mass is 32.1. The molecule has 2 aliphatic rings. The molecular weight excluding hydrogens is 448 g/mol. The maximum atomic E-state index is 12.9. The lowest BCUT2D eigenvalue weighted by Gasteiger charge is -2.27. The summed E-state index contributed by atoms with van der Waals surface area (Å²) in [4.78, 5) is 17.7. The van der Waals surface area contributed by atoms with Crippen LogP contribution in [0.15, 0.2) is 42.5 Å². The van der Waals surface area contributed by atoms with Gasteiger partial charge in [0.2, 0.25) is 11.0 Å². The lowest BCUT2D eigenvalue weighted by atomic mass is 9.85. The summed E-state index contributed by atoms with van der Waals surface area (Å²) in [6, 6.07) is 14.0. The molecule has 6 rings (SSSR count). The number of anilines is 1. The predicted molar refractivity (Wildman–Crippen MR) is 132 cm³/mol. The van der Waals surface area contributed by atoms with Gasteiger partial charge in [-0.15, -0.1) is 0 Å². The smallest absolute Gasteiger partial charge is 0.226 e. The molecule has 2 aromatic heterocycles. The summed E-state index contributed by atoms with van der Waals surface area (Å²) in [7, 11) is 1.66. The van der Waals surface area contributed by atoms with Crippen LogP contribution in [0.5, 0.6) is 11.5 Å². The average Bonchev–Trinajstić information content (AvgIpc) is 3.57. The van der Waals surface area contributed by atoms with Crippen molar-refractivity contribution in [1.82, 2.24) is 14.8 Å². The second-order valence-electron chi connectivity index (χ2n) is 8.93. The molecule has 0 bridgehead atoms. The molecule has 174 valence electrons. The Morgan fingerprint density at radius 3 is 2.74 bits per heavy atom. The number of carbonyl (C=O) groups is 1. The van der Waals surface area contributed by atoms with E-state index >= 15 is 0 Å². The molecule has 1 fully saturated rings. The van der Waals surface area contributed by atoms with Gasteiger partial charge in [-0.2, -0.15) is 9.78 Å². The van der Waals surface area contributed by atoms with E-state index in [1.807, 2.05) is 49.4 Å². The molecule has 2 aromatic carbocycles. The van der Waals surface area contributed by atoms with Crippen LogP contribution in [0.2, 0.25) is 0 Å². The third kappa shape index (κ3) is 3.53.